The van der Waals surface area contributed by atoms with Gasteiger partial charge >= 0.3 is 5.97 Å². The average molecular weight is 417 g/mol. The van der Waals surface area contributed by atoms with Gasteiger partial charge in [-0.05, 0) is 43.7 Å². The van der Waals surface area contributed by atoms with E-state index >= 15 is 0 Å². The third-order valence-electron chi connectivity index (χ3n) is 3.59. The van der Waals surface area contributed by atoms with Gasteiger partial charge in [0.1, 0.15) is 6.61 Å². The van der Waals surface area contributed by atoms with Crippen LogP contribution in [-0.2, 0) is 23.6 Å². The second-order valence-corrected chi connectivity index (χ2v) is 10.3. The van der Waals surface area contributed by atoms with Crippen LogP contribution in [0.15, 0.2) is 52.3 Å². The zero-order valence-electron chi connectivity index (χ0n) is 14.1. The third-order valence-corrected chi connectivity index (χ3v) is 6.64. The molecular formula is C17H17ClO6S2. The Labute approximate surface area is 157 Å². The number of halogens is 1. The van der Waals surface area contributed by atoms with Crippen LogP contribution in [0.4, 0.5) is 0 Å². The second kappa shape index (κ2) is 7.77. The van der Waals surface area contributed by atoms with E-state index in [4.69, 9.17) is 15.4 Å². The van der Waals surface area contributed by atoms with Crippen LogP contribution in [0.2, 0.25) is 0 Å². The van der Waals surface area contributed by atoms with Crippen LogP contribution in [0.25, 0.3) is 0 Å². The Kier molecular flexibility index (Phi) is 6.10. The lowest BCUT2D eigenvalue weighted by atomic mass is 10.1. The number of hydrogen-bond acceptors (Lipinski definition) is 6. The predicted molar refractivity (Wildman–Crippen MR) is 97.7 cm³/mol. The number of benzene rings is 2. The topological polar surface area (TPSA) is 94.6 Å². The van der Waals surface area contributed by atoms with Crippen LogP contribution in [0.1, 0.15) is 21.5 Å². The molecule has 0 aromatic heterocycles. The molecule has 0 aliphatic heterocycles. The van der Waals surface area contributed by atoms with Crippen LogP contribution >= 0.6 is 10.7 Å². The molecule has 0 spiro atoms. The van der Waals surface area contributed by atoms with Gasteiger partial charge in [-0.15, -0.1) is 0 Å². The monoisotopic (exact) mass is 416 g/mol. The average Bonchev–Trinajstić information content (AvgIpc) is 2.54. The van der Waals surface area contributed by atoms with Gasteiger partial charge < -0.3 is 4.74 Å². The van der Waals surface area contributed by atoms with E-state index in [1.165, 1.54) is 30.3 Å². The summed E-state index contributed by atoms with van der Waals surface area (Å²) in [4.78, 5) is 11.9. The fourth-order valence-electron chi connectivity index (χ4n) is 2.19. The first kappa shape index (κ1) is 20.4. The van der Waals surface area contributed by atoms with Crippen molar-refractivity contribution in [1.82, 2.24) is 0 Å². The summed E-state index contributed by atoms with van der Waals surface area (Å²) in [5.41, 5.74) is 1.28. The van der Waals surface area contributed by atoms with Crippen LogP contribution in [0.3, 0.4) is 0 Å². The largest absolute Gasteiger partial charge is 0.461 e. The fourth-order valence-corrected chi connectivity index (χ4v) is 4.40. The van der Waals surface area contributed by atoms with Crippen molar-refractivity contribution < 1.29 is 26.4 Å². The van der Waals surface area contributed by atoms with Crippen molar-refractivity contribution in [2.75, 3.05) is 12.4 Å². The van der Waals surface area contributed by atoms with E-state index in [9.17, 15) is 21.6 Å². The highest BCUT2D eigenvalue weighted by Crippen LogP contribution is 2.22. The normalized spacial score (nSPS) is 12.0. The Bertz CT molecular complexity index is 1030. The number of carbonyl (C=O) groups is 1. The second-order valence-electron chi connectivity index (χ2n) is 5.71. The SMILES string of the molecule is Cc1ccc(S(=O)(=O)CCOC(=O)c2ccc(C)cc2S(=O)(=O)Cl)cc1. The summed E-state index contributed by atoms with van der Waals surface area (Å²) < 4.78 is 52.6. The quantitative estimate of drug-likeness (QED) is 0.530. The first-order valence-electron chi connectivity index (χ1n) is 7.52. The molecule has 9 heteroatoms. The molecule has 2 aromatic rings. The molecular weight excluding hydrogens is 400 g/mol. The van der Waals surface area contributed by atoms with Crippen LogP contribution in [0.5, 0.6) is 0 Å². The van der Waals surface area contributed by atoms with Crippen LogP contribution < -0.4 is 0 Å². The molecule has 2 rings (SSSR count). The summed E-state index contributed by atoms with van der Waals surface area (Å²) in [5, 5.41) is 0. The summed E-state index contributed by atoms with van der Waals surface area (Å²) in [6.07, 6.45) is 0. The Morgan fingerprint density at radius 1 is 0.962 bits per heavy atom. The standard InChI is InChI=1S/C17H17ClO6S2/c1-12-3-6-14(7-4-12)25(20,21)10-9-24-17(19)15-8-5-13(2)11-16(15)26(18,22)23/h3-8,11H,9-10H2,1-2H3. The van der Waals surface area contributed by atoms with Gasteiger partial charge in [-0.3, -0.25) is 0 Å². The zero-order chi connectivity index (χ0) is 19.5. The maximum Gasteiger partial charge on any atom is 0.339 e. The number of aryl methyl sites for hydroxylation is 2. The Balaban J connectivity index is 2.11. The Morgan fingerprint density at radius 3 is 2.12 bits per heavy atom. The molecule has 0 heterocycles. The fraction of sp³-hybridized carbons (Fsp3) is 0.235. The summed E-state index contributed by atoms with van der Waals surface area (Å²) in [7, 11) is -2.42. The van der Waals surface area contributed by atoms with Crippen molar-refractivity contribution >= 4 is 35.5 Å². The smallest absolute Gasteiger partial charge is 0.339 e. The Morgan fingerprint density at radius 2 is 1.54 bits per heavy atom. The predicted octanol–water partition coefficient (Wildman–Crippen LogP) is 2.86. The Hall–Kier alpha value is -1.90. The highest BCUT2D eigenvalue weighted by atomic mass is 35.7. The molecule has 0 aliphatic rings. The molecule has 0 aliphatic carbocycles. The lowest BCUT2D eigenvalue weighted by Crippen LogP contribution is -2.17. The first-order chi connectivity index (χ1) is 12.0. The van der Waals surface area contributed by atoms with E-state index in [-0.39, 0.29) is 15.4 Å². The molecule has 2 aromatic carbocycles. The van der Waals surface area contributed by atoms with E-state index in [0.717, 1.165) is 5.56 Å². The van der Waals surface area contributed by atoms with E-state index in [2.05, 4.69) is 0 Å². The lowest BCUT2D eigenvalue weighted by molar-refractivity contribution is 0.0524. The number of sulfone groups is 1. The van der Waals surface area contributed by atoms with E-state index < -0.39 is 37.2 Å². The molecule has 0 N–H and O–H groups in total. The first-order valence-corrected chi connectivity index (χ1v) is 11.5. The molecule has 0 saturated heterocycles. The van der Waals surface area contributed by atoms with Gasteiger partial charge in [-0.1, -0.05) is 23.8 Å². The highest BCUT2D eigenvalue weighted by Gasteiger charge is 2.23. The summed E-state index contributed by atoms with van der Waals surface area (Å²) >= 11 is 0. The molecule has 6 nitrogen and oxygen atoms in total. The molecule has 0 radical (unpaired) electrons. The molecule has 0 bridgehead atoms. The van der Waals surface area contributed by atoms with Gasteiger partial charge in [-0.2, -0.15) is 0 Å². The molecule has 0 saturated carbocycles. The third kappa shape index (κ3) is 5.06. The van der Waals surface area contributed by atoms with Crippen molar-refractivity contribution in [3.63, 3.8) is 0 Å². The minimum Gasteiger partial charge on any atom is -0.461 e. The van der Waals surface area contributed by atoms with Gasteiger partial charge in [0.25, 0.3) is 9.05 Å². The van der Waals surface area contributed by atoms with Crippen molar-refractivity contribution in [2.24, 2.45) is 0 Å². The number of hydrogen-bond donors (Lipinski definition) is 0. The van der Waals surface area contributed by atoms with E-state index in [1.807, 2.05) is 6.92 Å². The van der Waals surface area contributed by atoms with Crippen molar-refractivity contribution in [1.29, 1.82) is 0 Å². The summed E-state index contributed by atoms with van der Waals surface area (Å²) in [5.74, 6) is -1.38. The van der Waals surface area contributed by atoms with Crippen LogP contribution in [0, 0.1) is 13.8 Å². The molecule has 0 unspecified atom stereocenters. The van der Waals surface area contributed by atoms with Crippen molar-refractivity contribution in [3.05, 3.63) is 59.2 Å². The zero-order valence-corrected chi connectivity index (χ0v) is 16.5. The van der Waals surface area contributed by atoms with Gasteiger partial charge in [-0.25, -0.2) is 21.6 Å². The number of carbonyl (C=O) groups excluding carboxylic acids is 1. The van der Waals surface area contributed by atoms with Gasteiger partial charge in [0.15, 0.2) is 9.84 Å². The lowest BCUT2D eigenvalue weighted by Gasteiger charge is -2.09. The molecule has 140 valence electrons. The molecule has 0 amide bonds. The maximum atomic E-state index is 12.2. The van der Waals surface area contributed by atoms with E-state index in [0.29, 0.717) is 5.56 Å². The molecule has 0 fully saturated rings. The van der Waals surface area contributed by atoms with Crippen molar-refractivity contribution in [3.8, 4) is 0 Å². The highest BCUT2D eigenvalue weighted by molar-refractivity contribution is 8.13. The number of esters is 1. The summed E-state index contributed by atoms with van der Waals surface area (Å²) in [6, 6.07) is 10.4. The van der Waals surface area contributed by atoms with Gasteiger partial charge in [0.2, 0.25) is 0 Å². The van der Waals surface area contributed by atoms with Crippen molar-refractivity contribution in [2.45, 2.75) is 23.6 Å². The minimum atomic E-state index is -4.15. The molecule has 26 heavy (non-hydrogen) atoms. The van der Waals surface area contributed by atoms with Gasteiger partial charge in [0.05, 0.1) is 21.1 Å². The van der Waals surface area contributed by atoms with E-state index in [1.54, 1.807) is 19.1 Å². The molecule has 0 atom stereocenters. The number of ether oxygens (including phenoxy) is 1. The number of rotatable bonds is 6. The minimum absolute atomic E-state index is 0.124. The van der Waals surface area contributed by atoms with Crippen LogP contribution in [-0.4, -0.2) is 35.2 Å². The van der Waals surface area contributed by atoms with Gasteiger partial charge in [0, 0.05) is 10.7 Å². The summed E-state index contributed by atoms with van der Waals surface area (Å²) in [6.45, 7) is 3.07. The maximum absolute atomic E-state index is 12.2.